The Morgan fingerprint density at radius 1 is 1.00 bits per heavy atom. The van der Waals surface area contributed by atoms with E-state index in [9.17, 15) is 13.2 Å². The number of rotatable bonds is 8. The van der Waals surface area contributed by atoms with Crippen LogP contribution >= 0.6 is 39.1 Å². The average molecular weight is 634 g/mol. The fourth-order valence-corrected chi connectivity index (χ4v) is 5.91. The lowest BCUT2D eigenvalue weighted by atomic mass is 10.2. The van der Waals surface area contributed by atoms with Crippen molar-refractivity contribution in [2.24, 2.45) is 5.10 Å². The molecule has 0 aliphatic heterocycles. The summed E-state index contributed by atoms with van der Waals surface area (Å²) in [5, 5.41) is 4.51. The summed E-state index contributed by atoms with van der Waals surface area (Å²) in [4.78, 5) is 12.9. The van der Waals surface area contributed by atoms with Gasteiger partial charge in [0.05, 0.1) is 26.8 Å². The van der Waals surface area contributed by atoms with Gasteiger partial charge in [0.2, 0.25) is 0 Å². The van der Waals surface area contributed by atoms with Crippen LogP contribution < -0.4 is 9.73 Å². The van der Waals surface area contributed by atoms with Gasteiger partial charge in [-0.3, -0.25) is 9.10 Å². The number of benzene rings is 3. The fraction of sp³-hybridized carbons (Fsp3) is 0.111. The van der Waals surface area contributed by atoms with E-state index in [4.69, 9.17) is 23.2 Å². The van der Waals surface area contributed by atoms with Crippen LogP contribution in [0.3, 0.4) is 0 Å². The first-order valence-electron chi connectivity index (χ1n) is 11.4. The van der Waals surface area contributed by atoms with E-state index in [0.717, 1.165) is 31.4 Å². The molecule has 0 atom stereocenters. The van der Waals surface area contributed by atoms with Crippen LogP contribution in [0.4, 0.5) is 5.69 Å². The Labute approximate surface area is 239 Å². The van der Waals surface area contributed by atoms with Crippen molar-refractivity contribution in [1.82, 2.24) is 9.99 Å². The number of carbonyl (C=O) groups excluding carboxylic acids is 1. The van der Waals surface area contributed by atoms with Gasteiger partial charge in [-0.25, -0.2) is 13.8 Å². The van der Waals surface area contributed by atoms with Crippen LogP contribution in [0.5, 0.6) is 0 Å². The zero-order valence-electron chi connectivity index (χ0n) is 20.4. The van der Waals surface area contributed by atoms with E-state index < -0.39 is 22.5 Å². The number of amides is 1. The summed E-state index contributed by atoms with van der Waals surface area (Å²) < 4.78 is 30.9. The number of hydrazone groups is 1. The number of aromatic nitrogens is 1. The van der Waals surface area contributed by atoms with Crippen molar-refractivity contribution in [1.29, 1.82) is 0 Å². The zero-order chi connectivity index (χ0) is 27.4. The van der Waals surface area contributed by atoms with Crippen molar-refractivity contribution in [3.63, 3.8) is 0 Å². The largest absolute Gasteiger partial charge is 0.318 e. The monoisotopic (exact) mass is 632 g/mol. The van der Waals surface area contributed by atoms with Crippen LogP contribution in [0.1, 0.15) is 17.0 Å². The first kappa shape index (κ1) is 27.9. The molecule has 38 heavy (non-hydrogen) atoms. The van der Waals surface area contributed by atoms with Gasteiger partial charge in [0.1, 0.15) is 6.54 Å². The Morgan fingerprint density at radius 2 is 1.68 bits per heavy atom. The maximum absolute atomic E-state index is 13.4. The van der Waals surface area contributed by atoms with Crippen molar-refractivity contribution in [3.05, 3.63) is 110 Å². The van der Waals surface area contributed by atoms with Crippen molar-refractivity contribution in [3.8, 4) is 5.69 Å². The van der Waals surface area contributed by atoms with E-state index in [1.807, 2.05) is 44.2 Å². The number of hydrogen-bond acceptors (Lipinski definition) is 4. The number of anilines is 1. The van der Waals surface area contributed by atoms with E-state index in [1.54, 1.807) is 18.2 Å². The molecule has 1 heterocycles. The number of aryl methyl sites for hydroxylation is 1. The third-order valence-corrected chi connectivity index (χ3v) is 8.81. The first-order chi connectivity index (χ1) is 18.1. The van der Waals surface area contributed by atoms with Gasteiger partial charge in [-0.1, -0.05) is 57.3 Å². The van der Waals surface area contributed by atoms with Gasteiger partial charge in [-0.2, -0.15) is 5.10 Å². The van der Waals surface area contributed by atoms with Crippen molar-refractivity contribution in [2.45, 2.75) is 18.7 Å². The molecular weight excluding hydrogens is 611 g/mol. The third kappa shape index (κ3) is 6.13. The van der Waals surface area contributed by atoms with Crippen LogP contribution in [-0.2, 0) is 14.8 Å². The Balaban J connectivity index is 1.56. The topological polar surface area (TPSA) is 83.8 Å². The summed E-state index contributed by atoms with van der Waals surface area (Å²) >= 11 is 15.6. The molecule has 1 N–H and O–H groups in total. The van der Waals surface area contributed by atoms with Crippen molar-refractivity contribution < 1.29 is 13.2 Å². The number of nitrogens with zero attached hydrogens (tertiary/aromatic N) is 3. The SMILES string of the molecule is Cc1cc(/C=N\NC(=O)CN(c2ccc(Cl)c(Cl)c2)S(=O)(=O)c2ccccc2)c(C)n1-c1ccc(Br)cc1. The predicted octanol–water partition coefficient (Wildman–Crippen LogP) is 6.51. The van der Waals surface area contributed by atoms with Crippen LogP contribution in [-0.4, -0.2) is 31.7 Å². The quantitative estimate of drug-likeness (QED) is 0.177. The predicted molar refractivity (Wildman–Crippen MR) is 156 cm³/mol. The molecule has 0 unspecified atom stereocenters. The summed E-state index contributed by atoms with van der Waals surface area (Å²) in [5.41, 5.74) is 6.37. The molecule has 0 fully saturated rings. The highest BCUT2D eigenvalue weighted by molar-refractivity contribution is 9.10. The maximum atomic E-state index is 13.4. The summed E-state index contributed by atoms with van der Waals surface area (Å²) in [7, 11) is -4.09. The molecule has 7 nitrogen and oxygen atoms in total. The lowest BCUT2D eigenvalue weighted by Crippen LogP contribution is -2.39. The third-order valence-electron chi connectivity index (χ3n) is 5.76. The van der Waals surface area contributed by atoms with E-state index in [0.29, 0.717) is 0 Å². The number of sulfonamides is 1. The summed E-state index contributed by atoms with van der Waals surface area (Å²) in [5.74, 6) is -0.631. The number of hydrogen-bond donors (Lipinski definition) is 1. The molecule has 0 saturated carbocycles. The van der Waals surface area contributed by atoms with Gasteiger partial charge < -0.3 is 4.57 Å². The highest BCUT2D eigenvalue weighted by atomic mass is 79.9. The summed E-state index contributed by atoms with van der Waals surface area (Å²) in [6.45, 7) is 3.41. The number of nitrogens with one attached hydrogen (secondary N) is 1. The molecule has 0 aliphatic rings. The molecule has 0 spiro atoms. The van der Waals surface area contributed by atoms with Gasteiger partial charge in [-0.05, 0) is 74.5 Å². The zero-order valence-corrected chi connectivity index (χ0v) is 24.3. The Bertz CT molecular complexity index is 1610. The average Bonchev–Trinajstić information content (AvgIpc) is 3.18. The van der Waals surface area contributed by atoms with Crippen LogP contribution in [0.2, 0.25) is 10.0 Å². The maximum Gasteiger partial charge on any atom is 0.264 e. The highest BCUT2D eigenvalue weighted by Gasteiger charge is 2.27. The van der Waals surface area contributed by atoms with Gasteiger partial charge in [0.15, 0.2) is 0 Å². The molecule has 0 radical (unpaired) electrons. The van der Waals surface area contributed by atoms with Gasteiger partial charge >= 0.3 is 0 Å². The lowest BCUT2D eigenvalue weighted by Gasteiger charge is -2.24. The molecule has 0 saturated heterocycles. The number of halogens is 3. The van der Waals surface area contributed by atoms with Crippen molar-refractivity contribution in [2.75, 3.05) is 10.8 Å². The molecule has 3 aromatic carbocycles. The minimum absolute atomic E-state index is 0.0303. The van der Waals surface area contributed by atoms with Crippen molar-refractivity contribution >= 4 is 67.0 Å². The van der Waals surface area contributed by atoms with Gasteiger partial charge in [-0.15, -0.1) is 0 Å². The van der Waals surface area contributed by atoms with Gasteiger partial charge in [0.25, 0.3) is 15.9 Å². The molecule has 4 aromatic rings. The molecule has 4 rings (SSSR count). The Kier molecular flexibility index (Phi) is 8.62. The Morgan fingerprint density at radius 3 is 2.34 bits per heavy atom. The van der Waals surface area contributed by atoms with Gasteiger partial charge in [0, 0.05) is 27.1 Å². The fourth-order valence-electron chi connectivity index (χ4n) is 3.92. The normalized spacial score (nSPS) is 11.6. The lowest BCUT2D eigenvalue weighted by molar-refractivity contribution is -0.119. The molecule has 0 aliphatic carbocycles. The smallest absolute Gasteiger partial charge is 0.264 e. The molecule has 1 aromatic heterocycles. The molecule has 1 amide bonds. The molecule has 196 valence electrons. The van der Waals surface area contributed by atoms with E-state index in [1.165, 1.54) is 36.5 Å². The second kappa shape index (κ2) is 11.7. The standard InChI is InChI=1S/C27H23BrCl2N4O3S/c1-18-14-20(19(2)34(18)22-10-8-21(28)9-11-22)16-31-32-27(35)17-33(23-12-13-25(29)26(30)15-23)38(36,37)24-6-4-3-5-7-24/h3-16H,17H2,1-2H3,(H,32,35)/b31-16-. The summed E-state index contributed by atoms with van der Waals surface area (Å²) in [6, 6.07) is 22.1. The number of carbonyl (C=O) groups is 1. The van der Waals surface area contributed by atoms with E-state index in [-0.39, 0.29) is 20.6 Å². The van der Waals surface area contributed by atoms with Crippen LogP contribution in [0.25, 0.3) is 5.69 Å². The molecule has 0 bridgehead atoms. The van der Waals surface area contributed by atoms with E-state index in [2.05, 4.69) is 31.0 Å². The van der Waals surface area contributed by atoms with Crippen LogP contribution in [0, 0.1) is 13.8 Å². The second-order valence-electron chi connectivity index (χ2n) is 8.35. The molecular formula is C27H23BrCl2N4O3S. The highest BCUT2D eigenvalue weighted by Crippen LogP contribution is 2.30. The van der Waals surface area contributed by atoms with Crippen LogP contribution in [0.15, 0.2) is 93.3 Å². The minimum Gasteiger partial charge on any atom is -0.318 e. The summed E-state index contributed by atoms with van der Waals surface area (Å²) in [6.07, 6.45) is 1.53. The first-order valence-corrected chi connectivity index (χ1v) is 14.4. The Hall–Kier alpha value is -3.11. The molecule has 11 heteroatoms. The minimum atomic E-state index is -4.09. The van der Waals surface area contributed by atoms with E-state index >= 15 is 0 Å². The second-order valence-corrected chi connectivity index (χ2v) is 11.9.